The molecular formula is C18H18O5. The van der Waals surface area contributed by atoms with Crippen molar-refractivity contribution in [2.24, 2.45) is 0 Å². The summed E-state index contributed by atoms with van der Waals surface area (Å²) in [6.07, 6.45) is -0.544. The van der Waals surface area contributed by atoms with Crippen molar-refractivity contribution in [3.8, 4) is 17.2 Å². The van der Waals surface area contributed by atoms with Gasteiger partial charge in [0.25, 0.3) is 0 Å². The molecule has 2 aromatic carbocycles. The second-order valence-electron chi connectivity index (χ2n) is 5.27. The van der Waals surface area contributed by atoms with E-state index in [-0.39, 0.29) is 0 Å². The molecule has 1 atom stereocenters. The average Bonchev–Trinajstić information content (AvgIpc) is 2.91. The molecule has 0 fully saturated rings. The molecule has 0 amide bonds. The quantitative estimate of drug-likeness (QED) is 0.811. The number of ether oxygens (including phenoxy) is 4. The van der Waals surface area contributed by atoms with Gasteiger partial charge < -0.3 is 18.9 Å². The Hall–Kier alpha value is -2.69. The molecule has 0 bridgehead atoms. The van der Waals surface area contributed by atoms with Crippen molar-refractivity contribution >= 4 is 5.97 Å². The number of rotatable bonds is 4. The van der Waals surface area contributed by atoms with Gasteiger partial charge in [0.05, 0.1) is 21.3 Å². The maximum atomic E-state index is 12.3. The van der Waals surface area contributed by atoms with Gasteiger partial charge in [0.15, 0.2) is 6.10 Å². The van der Waals surface area contributed by atoms with Crippen molar-refractivity contribution in [3.63, 3.8) is 0 Å². The predicted octanol–water partition coefficient (Wildman–Crippen LogP) is 3.28. The average molecular weight is 314 g/mol. The summed E-state index contributed by atoms with van der Waals surface area (Å²) in [5.41, 5.74) is 2.92. The zero-order chi connectivity index (χ0) is 16.6. The summed E-state index contributed by atoms with van der Waals surface area (Å²) in [6.45, 7) is 1.93. The molecule has 0 spiro atoms. The van der Waals surface area contributed by atoms with Crippen molar-refractivity contribution in [2.45, 2.75) is 13.0 Å². The highest BCUT2D eigenvalue weighted by molar-refractivity contribution is 5.97. The van der Waals surface area contributed by atoms with E-state index in [4.69, 9.17) is 18.9 Å². The highest BCUT2D eigenvalue weighted by Gasteiger charge is 2.36. The summed E-state index contributed by atoms with van der Waals surface area (Å²) in [4.78, 5) is 12.3. The molecule has 0 aromatic heterocycles. The number of aryl methyl sites for hydroxylation is 1. The number of carbonyl (C=O) groups is 1. The third-order valence-corrected chi connectivity index (χ3v) is 4.02. The Morgan fingerprint density at radius 3 is 2.26 bits per heavy atom. The monoisotopic (exact) mass is 314 g/mol. The van der Waals surface area contributed by atoms with E-state index in [1.54, 1.807) is 20.3 Å². The molecule has 1 unspecified atom stereocenters. The maximum Gasteiger partial charge on any atom is 0.343 e. The number of hydrogen-bond donors (Lipinski definition) is 0. The van der Waals surface area contributed by atoms with E-state index in [1.165, 1.54) is 7.11 Å². The summed E-state index contributed by atoms with van der Waals surface area (Å²) >= 11 is 0. The van der Waals surface area contributed by atoms with Crippen LogP contribution in [0.15, 0.2) is 30.3 Å². The fourth-order valence-corrected chi connectivity index (χ4v) is 2.89. The van der Waals surface area contributed by atoms with Gasteiger partial charge in [-0.05, 0) is 30.7 Å². The van der Waals surface area contributed by atoms with E-state index in [2.05, 4.69) is 0 Å². The summed E-state index contributed by atoms with van der Waals surface area (Å²) < 4.78 is 21.7. The normalized spacial score (nSPS) is 15.8. The Bertz CT molecular complexity index is 766. The van der Waals surface area contributed by atoms with E-state index in [0.29, 0.717) is 22.8 Å². The van der Waals surface area contributed by atoms with Gasteiger partial charge in [-0.25, -0.2) is 4.79 Å². The second kappa shape index (κ2) is 5.83. The Labute approximate surface area is 134 Å². The highest BCUT2D eigenvalue weighted by Crippen LogP contribution is 2.44. The molecular weight excluding hydrogens is 296 g/mol. The van der Waals surface area contributed by atoms with Crippen LogP contribution in [0.5, 0.6) is 17.2 Å². The minimum absolute atomic E-state index is 0.399. The van der Waals surface area contributed by atoms with Crippen LogP contribution in [0, 0.1) is 6.92 Å². The van der Waals surface area contributed by atoms with Crippen LogP contribution in [0.2, 0.25) is 0 Å². The number of esters is 1. The lowest BCUT2D eigenvalue weighted by atomic mass is 9.96. The van der Waals surface area contributed by atoms with Crippen LogP contribution in [0.4, 0.5) is 0 Å². The third-order valence-electron chi connectivity index (χ3n) is 4.02. The predicted molar refractivity (Wildman–Crippen MR) is 84.5 cm³/mol. The van der Waals surface area contributed by atoms with Crippen molar-refractivity contribution in [2.75, 3.05) is 21.3 Å². The number of benzene rings is 2. The summed E-state index contributed by atoms with van der Waals surface area (Å²) in [7, 11) is 4.73. The first kappa shape index (κ1) is 15.2. The van der Waals surface area contributed by atoms with Gasteiger partial charge in [0.2, 0.25) is 0 Å². The van der Waals surface area contributed by atoms with E-state index in [9.17, 15) is 4.79 Å². The Kier molecular flexibility index (Phi) is 3.86. The van der Waals surface area contributed by atoms with Gasteiger partial charge in [0.1, 0.15) is 22.8 Å². The Morgan fingerprint density at radius 1 is 0.913 bits per heavy atom. The van der Waals surface area contributed by atoms with Crippen molar-refractivity contribution in [3.05, 3.63) is 52.6 Å². The molecule has 1 aliphatic heterocycles. The first-order valence-electron chi connectivity index (χ1n) is 7.21. The molecule has 5 nitrogen and oxygen atoms in total. The minimum Gasteiger partial charge on any atom is -0.496 e. The number of methoxy groups -OCH3 is 3. The molecule has 0 radical (unpaired) electrons. The highest BCUT2D eigenvalue weighted by atomic mass is 16.6. The molecule has 3 rings (SSSR count). The van der Waals surface area contributed by atoms with Gasteiger partial charge in [-0.15, -0.1) is 0 Å². The van der Waals surface area contributed by atoms with Crippen molar-refractivity contribution in [1.82, 2.24) is 0 Å². The number of cyclic esters (lactones) is 1. The minimum atomic E-state index is -0.544. The fraction of sp³-hybridized carbons (Fsp3) is 0.278. The smallest absolute Gasteiger partial charge is 0.343 e. The molecule has 23 heavy (non-hydrogen) atoms. The standard InChI is InChI=1S/C18H18O5/c1-10-8-15(22-4)12(9-14(10)21-3)17-11-6-5-7-13(20-2)16(11)18(19)23-17/h5-9,17H,1-4H3. The first-order chi connectivity index (χ1) is 11.1. The van der Waals surface area contributed by atoms with Crippen LogP contribution in [-0.4, -0.2) is 27.3 Å². The topological polar surface area (TPSA) is 54.0 Å². The van der Waals surface area contributed by atoms with E-state index < -0.39 is 12.1 Å². The zero-order valence-electron chi connectivity index (χ0n) is 13.5. The number of fused-ring (bicyclic) bond motifs is 1. The molecule has 0 saturated carbocycles. The molecule has 1 heterocycles. The summed E-state index contributed by atoms with van der Waals surface area (Å²) in [5.74, 6) is 1.47. The van der Waals surface area contributed by atoms with Gasteiger partial charge in [0, 0.05) is 11.1 Å². The van der Waals surface area contributed by atoms with Crippen LogP contribution in [0.25, 0.3) is 0 Å². The van der Waals surface area contributed by atoms with Crippen LogP contribution in [0.3, 0.4) is 0 Å². The van der Waals surface area contributed by atoms with E-state index >= 15 is 0 Å². The zero-order valence-corrected chi connectivity index (χ0v) is 13.5. The van der Waals surface area contributed by atoms with Crippen molar-refractivity contribution < 1.29 is 23.7 Å². The van der Waals surface area contributed by atoms with Crippen LogP contribution >= 0.6 is 0 Å². The van der Waals surface area contributed by atoms with Gasteiger partial charge >= 0.3 is 5.97 Å². The molecule has 0 N–H and O–H groups in total. The number of carbonyl (C=O) groups excluding carboxylic acids is 1. The lowest BCUT2D eigenvalue weighted by Gasteiger charge is -2.17. The molecule has 1 aliphatic rings. The van der Waals surface area contributed by atoms with Crippen LogP contribution in [0.1, 0.15) is 33.2 Å². The molecule has 5 heteroatoms. The molecule has 2 aromatic rings. The van der Waals surface area contributed by atoms with Crippen LogP contribution in [-0.2, 0) is 4.74 Å². The summed E-state index contributed by atoms with van der Waals surface area (Å²) in [5, 5.41) is 0. The number of hydrogen-bond acceptors (Lipinski definition) is 5. The van der Waals surface area contributed by atoms with E-state index in [1.807, 2.05) is 31.2 Å². The summed E-state index contributed by atoms with van der Waals surface area (Å²) in [6, 6.07) is 9.17. The van der Waals surface area contributed by atoms with E-state index in [0.717, 1.165) is 16.7 Å². The largest absolute Gasteiger partial charge is 0.496 e. The second-order valence-corrected chi connectivity index (χ2v) is 5.27. The van der Waals surface area contributed by atoms with Crippen LogP contribution < -0.4 is 14.2 Å². The lowest BCUT2D eigenvalue weighted by molar-refractivity contribution is 0.0450. The molecule has 0 saturated heterocycles. The third kappa shape index (κ3) is 2.38. The van der Waals surface area contributed by atoms with Gasteiger partial charge in [-0.1, -0.05) is 12.1 Å². The molecule has 120 valence electrons. The molecule has 0 aliphatic carbocycles. The van der Waals surface area contributed by atoms with Gasteiger partial charge in [-0.2, -0.15) is 0 Å². The maximum absolute atomic E-state index is 12.3. The van der Waals surface area contributed by atoms with Crippen molar-refractivity contribution in [1.29, 1.82) is 0 Å². The van der Waals surface area contributed by atoms with Gasteiger partial charge in [-0.3, -0.25) is 0 Å². The SMILES string of the molecule is COc1cc(C2OC(=O)c3c(OC)cccc32)c(OC)cc1C. The Morgan fingerprint density at radius 2 is 1.61 bits per heavy atom. The Balaban J connectivity index is 2.17. The lowest BCUT2D eigenvalue weighted by Crippen LogP contribution is -2.04. The first-order valence-corrected chi connectivity index (χ1v) is 7.21. The fourth-order valence-electron chi connectivity index (χ4n) is 2.89.